The average molecular weight is 723 g/mol. The number of carbonyl (C=O) groups excluding carboxylic acids is 2. The molecule has 1 aromatic heterocycles. The van der Waals surface area contributed by atoms with Gasteiger partial charge in [0.25, 0.3) is 0 Å². The highest BCUT2D eigenvalue weighted by atomic mass is 35.5. The van der Waals surface area contributed by atoms with Crippen LogP contribution in [0, 0.1) is 11.8 Å². The van der Waals surface area contributed by atoms with Gasteiger partial charge in [0.2, 0.25) is 5.91 Å². The first kappa shape index (κ1) is 39.2. The third-order valence-corrected chi connectivity index (χ3v) is 9.83. The fourth-order valence-corrected chi connectivity index (χ4v) is 6.47. The first-order chi connectivity index (χ1) is 23.7. The number of rotatable bonds is 12. The molecule has 1 aliphatic carbocycles. The molecule has 10 heteroatoms. The highest BCUT2D eigenvalue weighted by molar-refractivity contribution is 6.31. The molecule has 0 bridgehead atoms. The van der Waals surface area contributed by atoms with Crippen molar-refractivity contribution in [3.63, 3.8) is 0 Å². The molecule has 4 rings (SSSR count). The molecule has 3 amide bonds. The summed E-state index contributed by atoms with van der Waals surface area (Å²) < 4.78 is 6.28. The second-order valence-corrected chi connectivity index (χ2v) is 15.6. The molecule has 1 aliphatic heterocycles. The Hall–Kier alpha value is -3.62. The van der Waals surface area contributed by atoms with E-state index in [-0.39, 0.29) is 35.7 Å². The zero-order chi connectivity index (χ0) is 36.5. The van der Waals surface area contributed by atoms with Crippen LogP contribution in [0.1, 0.15) is 90.5 Å². The standard InChI is InChI=1S/C40H53Cl2N5O3/c1-8-10-21-43-36(48)24-28-19-22-46(23-20-28)38(49)47(27-29-11-15-31(41)16-12-29)37(45-40(6,7)30-13-17-32(42)18-14-30)33-26-44-35(39(3,4)5)25-34(33)50-9-2/h8,11-13,15-18,25-26,28,30H,1,9-10,14,19-24,27H2,2-7H3,(H,43,48). The summed E-state index contributed by atoms with van der Waals surface area (Å²) in [6.45, 7) is 18.5. The average Bonchev–Trinajstić information content (AvgIpc) is 3.07. The van der Waals surface area contributed by atoms with Crippen LogP contribution in [0.15, 0.2) is 77.4 Å². The van der Waals surface area contributed by atoms with Gasteiger partial charge in [-0.1, -0.05) is 74.3 Å². The molecule has 270 valence electrons. The van der Waals surface area contributed by atoms with Crippen LogP contribution in [0.25, 0.3) is 0 Å². The lowest BCUT2D eigenvalue weighted by Crippen LogP contribution is -2.50. The number of hydrogen-bond donors (Lipinski definition) is 1. The lowest BCUT2D eigenvalue weighted by atomic mass is 9.83. The Morgan fingerprint density at radius 2 is 1.84 bits per heavy atom. The number of nitrogens with zero attached hydrogens (tertiary/aromatic N) is 4. The van der Waals surface area contributed by atoms with Gasteiger partial charge in [0, 0.05) is 65.4 Å². The molecular formula is C40H53Cl2N5O3. The SMILES string of the molecule is C=CCCNC(=O)CC1CCN(C(=O)N(Cc2ccc(Cl)cc2)C(=NC(C)(C)C2C=CC(Cl)=CC2)c2cnc(C(C)(C)C)cc2OCC)CC1. The summed E-state index contributed by atoms with van der Waals surface area (Å²) in [6, 6.07) is 9.35. The number of amides is 3. The van der Waals surface area contributed by atoms with Gasteiger partial charge in [-0.3, -0.25) is 19.7 Å². The van der Waals surface area contributed by atoms with Crippen LogP contribution in [0.4, 0.5) is 4.79 Å². The van der Waals surface area contributed by atoms with Crippen molar-refractivity contribution in [2.75, 3.05) is 26.2 Å². The number of likely N-dealkylation sites (tertiary alicyclic amines) is 1. The second-order valence-electron chi connectivity index (χ2n) is 14.7. The highest BCUT2D eigenvalue weighted by Crippen LogP contribution is 2.35. The Bertz CT molecular complexity index is 1580. The summed E-state index contributed by atoms with van der Waals surface area (Å²) in [5, 5.41) is 4.30. The first-order valence-corrected chi connectivity index (χ1v) is 18.4. The van der Waals surface area contributed by atoms with E-state index in [1.165, 1.54) is 0 Å². The number of urea groups is 1. The minimum Gasteiger partial charge on any atom is -0.493 e. The van der Waals surface area contributed by atoms with Gasteiger partial charge < -0.3 is 15.0 Å². The number of halogens is 2. The zero-order valence-corrected chi connectivity index (χ0v) is 32.0. The minimum atomic E-state index is -0.628. The number of benzene rings is 1. The number of carbonyl (C=O) groups is 2. The largest absolute Gasteiger partial charge is 0.493 e. The van der Waals surface area contributed by atoms with Gasteiger partial charge in [-0.2, -0.15) is 0 Å². The molecule has 0 saturated carbocycles. The van der Waals surface area contributed by atoms with Crippen molar-refractivity contribution in [3.8, 4) is 5.75 Å². The monoisotopic (exact) mass is 721 g/mol. The molecule has 1 fully saturated rings. The molecule has 8 nitrogen and oxygen atoms in total. The van der Waals surface area contributed by atoms with E-state index in [1.54, 1.807) is 17.2 Å². The maximum atomic E-state index is 14.8. The highest BCUT2D eigenvalue weighted by Gasteiger charge is 2.35. The van der Waals surface area contributed by atoms with Crippen molar-refractivity contribution < 1.29 is 14.3 Å². The van der Waals surface area contributed by atoms with E-state index in [2.05, 4.69) is 52.6 Å². The molecule has 2 aliphatic rings. The fraction of sp³-hybridized carbons (Fsp3) is 0.500. The fourth-order valence-electron chi connectivity index (χ4n) is 6.18. The van der Waals surface area contributed by atoms with E-state index in [0.717, 1.165) is 36.9 Å². The van der Waals surface area contributed by atoms with Gasteiger partial charge in [0.15, 0.2) is 0 Å². The smallest absolute Gasteiger partial charge is 0.325 e. The summed E-state index contributed by atoms with van der Waals surface area (Å²) >= 11 is 12.6. The summed E-state index contributed by atoms with van der Waals surface area (Å²) in [7, 11) is 0. The summed E-state index contributed by atoms with van der Waals surface area (Å²) in [5.74, 6) is 1.40. The predicted molar refractivity (Wildman–Crippen MR) is 205 cm³/mol. The Morgan fingerprint density at radius 3 is 2.44 bits per heavy atom. The maximum absolute atomic E-state index is 14.8. The first-order valence-electron chi connectivity index (χ1n) is 17.7. The van der Waals surface area contributed by atoms with Crippen molar-refractivity contribution >= 4 is 41.0 Å². The van der Waals surface area contributed by atoms with Gasteiger partial charge in [-0.05, 0) is 76.1 Å². The Labute approximate surface area is 308 Å². The van der Waals surface area contributed by atoms with Crippen molar-refractivity contribution in [1.29, 1.82) is 0 Å². The normalized spacial score (nSPS) is 17.3. The third-order valence-electron chi connectivity index (χ3n) is 9.30. The number of amidine groups is 1. The van der Waals surface area contributed by atoms with Crippen molar-refractivity contribution in [3.05, 3.63) is 94.3 Å². The number of aliphatic imine (C=N–C) groups is 1. The van der Waals surface area contributed by atoms with Crippen LogP contribution in [0.3, 0.4) is 0 Å². The number of piperidine rings is 1. The van der Waals surface area contributed by atoms with Crippen molar-refractivity contribution in [2.45, 2.75) is 91.1 Å². The Morgan fingerprint density at radius 1 is 1.14 bits per heavy atom. The van der Waals surface area contributed by atoms with Crippen molar-refractivity contribution in [2.24, 2.45) is 16.8 Å². The number of ether oxygens (including phenoxy) is 1. The van der Waals surface area contributed by atoms with E-state index in [1.807, 2.05) is 54.3 Å². The van der Waals surface area contributed by atoms with E-state index in [4.69, 9.17) is 37.9 Å². The number of aromatic nitrogens is 1. The lowest BCUT2D eigenvalue weighted by molar-refractivity contribution is -0.122. The van der Waals surface area contributed by atoms with Crippen LogP contribution in [0.2, 0.25) is 5.02 Å². The number of nitrogens with one attached hydrogen (secondary N) is 1. The predicted octanol–water partition coefficient (Wildman–Crippen LogP) is 9.07. The Balaban J connectivity index is 1.77. The maximum Gasteiger partial charge on any atom is 0.325 e. The third kappa shape index (κ3) is 10.7. The quantitative estimate of drug-likeness (QED) is 0.103. The lowest BCUT2D eigenvalue weighted by Gasteiger charge is -2.38. The topological polar surface area (TPSA) is 87.1 Å². The summed E-state index contributed by atoms with van der Waals surface area (Å²) in [5.41, 5.74) is 1.59. The minimum absolute atomic E-state index is 0.0400. The van der Waals surface area contributed by atoms with Crippen LogP contribution in [-0.4, -0.2) is 64.3 Å². The van der Waals surface area contributed by atoms with E-state index >= 15 is 0 Å². The molecular weight excluding hydrogens is 669 g/mol. The number of allylic oxidation sites excluding steroid dienone is 3. The molecule has 1 unspecified atom stereocenters. The molecule has 2 heterocycles. The number of hydrogen-bond acceptors (Lipinski definition) is 5. The van der Waals surface area contributed by atoms with Gasteiger partial charge in [-0.15, -0.1) is 6.58 Å². The van der Waals surface area contributed by atoms with Gasteiger partial charge >= 0.3 is 6.03 Å². The van der Waals surface area contributed by atoms with Crippen LogP contribution < -0.4 is 10.1 Å². The molecule has 1 N–H and O–H groups in total. The molecule has 0 radical (unpaired) electrons. The summed E-state index contributed by atoms with van der Waals surface area (Å²) in [4.78, 5) is 41.4. The van der Waals surface area contributed by atoms with Crippen molar-refractivity contribution in [1.82, 2.24) is 20.1 Å². The van der Waals surface area contributed by atoms with E-state index < -0.39 is 5.54 Å². The molecule has 1 aromatic carbocycles. The van der Waals surface area contributed by atoms with Gasteiger partial charge in [0.1, 0.15) is 11.6 Å². The Kier molecular flexibility index (Phi) is 13.7. The molecule has 0 spiro atoms. The van der Waals surface area contributed by atoms with Crippen LogP contribution >= 0.6 is 23.2 Å². The number of pyridine rings is 1. The van der Waals surface area contributed by atoms with E-state index in [0.29, 0.717) is 59.9 Å². The van der Waals surface area contributed by atoms with E-state index in [9.17, 15) is 9.59 Å². The second kappa shape index (κ2) is 17.5. The zero-order valence-electron chi connectivity index (χ0n) is 30.5. The van der Waals surface area contributed by atoms with Gasteiger partial charge in [-0.25, -0.2) is 4.79 Å². The molecule has 1 atom stereocenters. The van der Waals surface area contributed by atoms with Crippen LogP contribution in [-0.2, 0) is 16.8 Å². The molecule has 50 heavy (non-hydrogen) atoms. The molecule has 1 saturated heterocycles. The van der Waals surface area contributed by atoms with Gasteiger partial charge in [0.05, 0.1) is 24.3 Å². The van der Waals surface area contributed by atoms with Crippen LogP contribution in [0.5, 0.6) is 5.75 Å². The molecule has 2 aromatic rings. The summed E-state index contributed by atoms with van der Waals surface area (Å²) in [6.07, 6.45) is 13.0.